The first-order valence-corrected chi connectivity index (χ1v) is 6.73. The molecule has 0 spiro atoms. The molecule has 0 bridgehead atoms. The van der Waals surface area contributed by atoms with E-state index in [1.165, 1.54) is 19.3 Å². The van der Waals surface area contributed by atoms with E-state index < -0.39 is 0 Å². The summed E-state index contributed by atoms with van der Waals surface area (Å²) in [6, 6.07) is 0.518. The van der Waals surface area contributed by atoms with Crippen molar-refractivity contribution in [2.75, 3.05) is 0 Å². The Morgan fingerprint density at radius 3 is 2.56 bits per heavy atom. The molecule has 1 amide bonds. The molecule has 2 rings (SSSR count). The van der Waals surface area contributed by atoms with Gasteiger partial charge in [0.1, 0.15) is 0 Å². The lowest BCUT2D eigenvalue weighted by Crippen LogP contribution is -2.48. The third-order valence-electron chi connectivity index (χ3n) is 4.26. The normalized spacial score (nSPS) is 35.6. The van der Waals surface area contributed by atoms with Crippen LogP contribution >= 0.6 is 0 Å². The molecule has 1 aliphatic heterocycles. The highest BCUT2D eigenvalue weighted by Crippen LogP contribution is 2.34. The first-order valence-electron chi connectivity index (χ1n) is 6.73. The van der Waals surface area contributed by atoms with E-state index in [0.29, 0.717) is 11.9 Å². The third-order valence-corrected chi connectivity index (χ3v) is 4.26. The Hall–Kier alpha value is -0.570. The molecule has 16 heavy (non-hydrogen) atoms. The highest BCUT2D eigenvalue weighted by molar-refractivity contribution is 5.88. The Labute approximate surface area is 98.6 Å². The lowest BCUT2D eigenvalue weighted by atomic mass is 9.90. The van der Waals surface area contributed by atoms with Gasteiger partial charge in [0.05, 0.1) is 11.7 Å². The summed E-state index contributed by atoms with van der Waals surface area (Å²) in [6.45, 7) is 6.33. The molecule has 0 aromatic heterocycles. The van der Waals surface area contributed by atoms with Crippen LogP contribution in [0.5, 0.6) is 0 Å². The fourth-order valence-electron chi connectivity index (χ4n) is 2.75. The minimum absolute atomic E-state index is 0.285. The van der Waals surface area contributed by atoms with E-state index in [-0.39, 0.29) is 11.7 Å². The maximum atomic E-state index is 12.4. The highest BCUT2D eigenvalue weighted by atomic mass is 16.2. The van der Waals surface area contributed by atoms with Gasteiger partial charge in [-0.3, -0.25) is 10.1 Å². The molecule has 2 atom stereocenters. The van der Waals surface area contributed by atoms with Crippen LogP contribution in [-0.4, -0.2) is 28.6 Å². The fourth-order valence-corrected chi connectivity index (χ4v) is 2.75. The number of nitrogens with zero attached hydrogens (tertiary/aromatic N) is 1. The maximum Gasteiger partial charge on any atom is 0.244 e. The Morgan fingerprint density at radius 1 is 1.44 bits per heavy atom. The van der Waals surface area contributed by atoms with Crippen molar-refractivity contribution < 1.29 is 4.79 Å². The van der Waals surface area contributed by atoms with Crippen LogP contribution < -0.4 is 5.32 Å². The summed E-state index contributed by atoms with van der Waals surface area (Å²) in [6.07, 6.45) is 7.07. The Balaban J connectivity index is 2.14. The second-order valence-electron chi connectivity index (χ2n) is 5.43. The molecule has 92 valence electrons. The van der Waals surface area contributed by atoms with Crippen LogP contribution in [0.2, 0.25) is 0 Å². The van der Waals surface area contributed by atoms with Gasteiger partial charge in [0.2, 0.25) is 5.91 Å². The first kappa shape index (κ1) is 11.9. The highest BCUT2D eigenvalue weighted by Gasteiger charge is 2.49. The van der Waals surface area contributed by atoms with Gasteiger partial charge in [-0.25, -0.2) is 0 Å². The summed E-state index contributed by atoms with van der Waals surface area (Å²) >= 11 is 0. The lowest BCUT2D eigenvalue weighted by molar-refractivity contribution is -0.136. The zero-order valence-corrected chi connectivity index (χ0v) is 10.8. The van der Waals surface area contributed by atoms with Crippen molar-refractivity contribution in [1.29, 1.82) is 0 Å². The number of nitrogens with one attached hydrogen (secondary N) is 1. The van der Waals surface area contributed by atoms with E-state index in [1.54, 1.807) is 0 Å². The van der Waals surface area contributed by atoms with Crippen molar-refractivity contribution in [1.82, 2.24) is 10.2 Å². The van der Waals surface area contributed by atoms with Gasteiger partial charge in [-0.2, -0.15) is 0 Å². The van der Waals surface area contributed by atoms with Crippen LogP contribution in [0.15, 0.2) is 0 Å². The molecule has 1 N–H and O–H groups in total. The monoisotopic (exact) mass is 224 g/mol. The van der Waals surface area contributed by atoms with Crippen molar-refractivity contribution in [2.24, 2.45) is 0 Å². The molecule has 1 saturated carbocycles. The smallest absolute Gasteiger partial charge is 0.244 e. The molecular formula is C13H24N2O. The van der Waals surface area contributed by atoms with Gasteiger partial charge < -0.3 is 4.90 Å². The lowest BCUT2D eigenvalue weighted by Gasteiger charge is -2.38. The number of amides is 1. The molecule has 3 nitrogen and oxygen atoms in total. The number of carbonyl (C=O) groups is 1. The molecule has 1 heterocycles. The number of rotatable bonds is 4. The van der Waals surface area contributed by atoms with Crippen LogP contribution in [0.25, 0.3) is 0 Å². The fraction of sp³-hybridized carbons (Fsp3) is 0.923. The van der Waals surface area contributed by atoms with Crippen LogP contribution in [0, 0.1) is 0 Å². The van der Waals surface area contributed by atoms with E-state index in [2.05, 4.69) is 31.0 Å². The average Bonchev–Trinajstić information content (AvgIpc) is 2.42. The second-order valence-corrected chi connectivity index (χ2v) is 5.43. The molecule has 0 aromatic carbocycles. The van der Waals surface area contributed by atoms with E-state index in [0.717, 1.165) is 19.3 Å². The van der Waals surface area contributed by atoms with E-state index >= 15 is 0 Å². The summed E-state index contributed by atoms with van der Waals surface area (Å²) in [7, 11) is 0. The average molecular weight is 224 g/mol. The van der Waals surface area contributed by atoms with Gasteiger partial charge in [0, 0.05) is 6.04 Å². The van der Waals surface area contributed by atoms with Gasteiger partial charge in [-0.05, 0) is 39.0 Å². The molecule has 2 fully saturated rings. The zero-order chi connectivity index (χ0) is 11.8. The van der Waals surface area contributed by atoms with Crippen molar-refractivity contribution in [3.63, 3.8) is 0 Å². The molecule has 2 aliphatic rings. The second kappa shape index (κ2) is 4.36. The molecule has 2 unspecified atom stereocenters. The van der Waals surface area contributed by atoms with E-state index in [4.69, 9.17) is 0 Å². The molecule has 0 aromatic rings. The topological polar surface area (TPSA) is 32.3 Å². The SMILES string of the molecule is CCCC1NC(C)(CC)C(=O)N1C1CCC1. The third kappa shape index (κ3) is 1.75. The standard InChI is InChI=1S/C13H24N2O/c1-4-7-11-14-13(3,5-2)12(16)15(11)10-8-6-9-10/h10-11,14H,4-9H2,1-3H3. The predicted molar refractivity (Wildman–Crippen MR) is 65.0 cm³/mol. The summed E-state index contributed by atoms with van der Waals surface area (Å²) in [4.78, 5) is 14.6. The maximum absolute atomic E-state index is 12.4. The van der Waals surface area contributed by atoms with Crippen molar-refractivity contribution in [2.45, 2.75) is 77.0 Å². The minimum Gasteiger partial charge on any atom is -0.323 e. The molecular weight excluding hydrogens is 200 g/mol. The number of hydrogen-bond acceptors (Lipinski definition) is 2. The first-order chi connectivity index (χ1) is 7.62. The molecule has 3 heteroatoms. The van der Waals surface area contributed by atoms with Crippen LogP contribution in [0.4, 0.5) is 0 Å². The minimum atomic E-state index is -0.310. The Morgan fingerprint density at radius 2 is 2.12 bits per heavy atom. The molecule has 0 radical (unpaired) electrons. The molecule has 1 saturated heterocycles. The van der Waals surface area contributed by atoms with E-state index in [1.807, 2.05) is 0 Å². The van der Waals surface area contributed by atoms with Crippen LogP contribution in [-0.2, 0) is 4.79 Å². The summed E-state index contributed by atoms with van der Waals surface area (Å²) in [5.41, 5.74) is -0.310. The van der Waals surface area contributed by atoms with Gasteiger partial charge >= 0.3 is 0 Å². The largest absolute Gasteiger partial charge is 0.323 e. The summed E-state index contributed by atoms with van der Waals surface area (Å²) in [5.74, 6) is 0.332. The van der Waals surface area contributed by atoms with Crippen molar-refractivity contribution in [3.8, 4) is 0 Å². The van der Waals surface area contributed by atoms with Gasteiger partial charge in [-0.15, -0.1) is 0 Å². The number of carbonyl (C=O) groups excluding carboxylic acids is 1. The molecule has 1 aliphatic carbocycles. The van der Waals surface area contributed by atoms with E-state index in [9.17, 15) is 4.79 Å². The Bertz CT molecular complexity index is 275. The van der Waals surface area contributed by atoms with Crippen molar-refractivity contribution >= 4 is 5.91 Å². The Kier molecular flexibility index (Phi) is 3.24. The predicted octanol–water partition coefficient (Wildman–Crippen LogP) is 2.27. The number of hydrogen-bond donors (Lipinski definition) is 1. The summed E-state index contributed by atoms with van der Waals surface area (Å²) < 4.78 is 0. The van der Waals surface area contributed by atoms with Crippen molar-refractivity contribution in [3.05, 3.63) is 0 Å². The van der Waals surface area contributed by atoms with Gasteiger partial charge in [-0.1, -0.05) is 20.3 Å². The van der Waals surface area contributed by atoms with Crippen LogP contribution in [0.1, 0.15) is 59.3 Å². The van der Waals surface area contributed by atoms with Gasteiger partial charge in [0.15, 0.2) is 0 Å². The quantitative estimate of drug-likeness (QED) is 0.794. The zero-order valence-electron chi connectivity index (χ0n) is 10.8. The summed E-state index contributed by atoms with van der Waals surface area (Å²) in [5, 5.41) is 3.54. The van der Waals surface area contributed by atoms with Gasteiger partial charge in [0.25, 0.3) is 0 Å². The van der Waals surface area contributed by atoms with Crippen LogP contribution in [0.3, 0.4) is 0 Å².